The lowest BCUT2D eigenvalue weighted by Crippen LogP contribution is -2.09. The van der Waals surface area contributed by atoms with Crippen LogP contribution in [0.25, 0.3) is 0 Å². The average molecular weight is 302 g/mol. The fraction of sp³-hybridized carbons (Fsp3) is 0.200. The number of anilines is 1. The largest absolute Gasteiger partial charge is 0.359 e. The molecule has 0 aromatic carbocycles. The number of rotatable bonds is 3. The minimum atomic E-state index is 0.0555. The Morgan fingerprint density at radius 1 is 1.50 bits per heavy atom. The zero-order valence-electron chi connectivity index (χ0n) is 8.54. The number of halogens is 2. The quantitative estimate of drug-likeness (QED) is 0.913. The van der Waals surface area contributed by atoms with Crippen LogP contribution >= 0.6 is 27.5 Å². The fourth-order valence-corrected chi connectivity index (χ4v) is 2.06. The van der Waals surface area contributed by atoms with Crippen molar-refractivity contribution in [2.24, 2.45) is 0 Å². The smallest absolute Gasteiger partial charge is 0.140 e. The van der Waals surface area contributed by atoms with Crippen molar-refractivity contribution in [3.05, 3.63) is 40.0 Å². The number of nitrogens with zero attached hydrogens (tertiary/aromatic N) is 2. The number of aromatic nitrogens is 3. The van der Waals surface area contributed by atoms with Crippen LogP contribution in [0.4, 0.5) is 5.82 Å². The van der Waals surface area contributed by atoms with Gasteiger partial charge in [0.15, 0.2) is 0 Å². The van der Waals surface area contributed by atoms with Gasteiger partial charge in [0.25, 0.3) is 0 Å². The summed E-state index contributed by atoms with van der Waals surface area (Å²) < 4.78 is 0.832. The predicted octanol–water partition coefficient (Wildman–Crippen LogP) is 3.39. The third-order valence-electron chi connectivity index (χ3n) is 2.09. The Balaban J connectivity index is 2.15. The minimum absolute atomic E-state index is 0.0555. The second kappa shape index (κ2) is 4.84. The minimum Gasteiger partial charge on any atom is -0.359 e. The summed E-state index contributed by atoms with van der Waals surface area (Å²) in [4.78, 5) is 11.4. The van der Waals surface area contributed by atoms with Gasteiger partial charge < -0.3 is 10.3 Å². The summed E-state index contributed by atoms with van der Waals surface area (Å²) in [5, 5.41) is 3.83. The van der Waals surface area contributed by atoms with Gasteiger partial charge in [-0.25, -0.2) is 9.97 Å². The number of imidazole rings is 1. The van der Waals surface area contributed by atoms with E-state index in [1.807, 2.05) is 6.92 Å². The Hall–Kier alpha value is -1.07. The van der Waals surface area contributed by atoms with Crippen molar-refractivity contribution in [3.63, 3.8) is 0 Å². The van der Waals surface area contributed by atoms with Crippen LogP contribution < -0.4 is 5.32 Å². The average Bonchev–Trinajstić information content (AvgIpc) is 2.75. The Bertz CT molecular complexity index is 472. The molecule has 0 aliphatic heterocycles. The van der Waals surface area contributed by atoms with Gasteiger partial charge in [-0.1, -0.05) is 11.6 Å². The molecule has 2 heterocycles. The van der Waals surface area contributed by atoms with E-state index in [9.17, 15) is 0 Å². The van der Waals surface area contributed by atoms with E-state index in [0.717, 1.165) is 16.1 Å². The SMILES string of the molecule is CC(Nc1ncc(Cl)cc1Br)c1ncc[nH]1. The van der Waals surface area contributed by atoms with Gasteiger partial charge in [-0.2, -0.15) is 0 Å². The molecule has 6 heteroatoms. The zero-order valence-corrected chi connectivity index (χ0v) is 10.9. The second-order valence-corrected chi connectivity index (χ2v) is 4.62. The van der Waals surface area contributed by atoms with E-state index in [2.05, 4.69) is 36.2 Å². The van der Waals surface area contributed by atoms with Gasteiger partial charge in [0.2, 0.25) is 0 Å². The summed E-state index contributed by atoms with van der Waals surface area (Å²) in [5.41, 5.74) is 0. The topological polar surface area (TPSA) is 53.6 Å². The second-order valence-electron chi connectivity index (χ2n) is 3.32. The van der Waals surface area contributed by atoms with Crippen LogP contribution in [-0.2, 0) is 0 Å². The highest BCUT2D eigenvalue weighted by Crippen LogP contribution is 2.25. The third kappa shape index (κ3) is 2.54. The van der Waals surface area contributed by atoms with E-state index in [-0.39, 0.29) is 6.04 Å². The van der Waals surface area contributed by atoms with Crippen LogP contribution in [0.5, 0.6) is 0 Å². The molecule has 0 bridgehead atoms. The first-order valence-electron chi connectivity index (χ1n) is 4.73. The molecule has 0 saturated carbocycles. The van der Waals surface area contributed by atoms with Crippen LogP contribution in [0.1, 0.15) is 18.8 Å². The Labute approximate surface area is 107 Å². The number of nitrogens with one attached hydrogen (secondary N) is 2. The maximum absolute atomic E-state index is 5.81. The molecule has 2 N–H and O–H groups in total. The van der Waals surface area contributed by atoms with Crippen molar-refractivity contribution in [1.82, 2.24) is 15.0 Å². The van der Waals surface area contributed by atoms with E-state index in [0.29, 0.717) is 5.02 Å². The zero-order chi connectivity index (χ0) is 11.5. The van der Waals surface area contributed by atoms with Gasteiger partial charge in [-0.3, -0.25) is 0 Å². The number of aromatic amines is 1. The normalized spacial score (nSPS) is 12.4. The molecule has 2 aromatic rings. The first-order valence-corrected chi connectivity index (χ1v) is 5.91. The molecule has 1 unspecified atom stereocenters. The molecule has 0 aliphatic carbocycles. The van der Waals surface area contributed by atoms with Crippen LogP contribution in [0.15, 0.2) is 29.1 Å². The van der Waals surface area contributed by atoms with Gasteiger partial charge in [0.1, 0.15) is 11.6 Å². The molecule has 0 saturated heterocycles. The molecule has 0 spiro atoms. The van der Waals surface area contributed by atoms with Crippen LogP contribution in [0, 0.1) is 0 Å². The van der Waals surface area contributed by atoms with E-state index >= 15 is 0 Å². The molecule has 1 atom stereocenters. The highest BCUT2D eigenvalue weighted by atomic mass is 79.9. The standard InChI is InChI=1S/C10H10BrClN4/c1-6(9-13-2-3-14-9)16-10-8(11)4-7(12)5-15-10/h2-6H,1H3,(H,13,14)(H,15,16). The predicted molar refractivity (Wildman–Crippen MR) is 67.6 cm³/mol. The van der Waals surface area contributed by atoms with E-state index in [4.69, 9.17) is 11.6 Å². The molecule has 0 amide bonds. The van der Waals surface area contributed by atoms with E-state index in [1.165, 1.54) is 0 Å². The number of H-pyrrole nitrogens is 1. The Morgan fingerprint density at radius 2 is 2.31 bits per heavy atom. The van der Waals surface area contributed by atoms with Crippen molar-refractivity contribution < 1.29 is 0 Å². The summed E-state index contributed by atoms with van der Waals surface area (Å²) in [5.74, 6) is 1.61. The summed E-state index contributed by atoms with van der Waals surface area (Å²) in [7, 11) is 0. The maximum atomic E-state index is 5.81. The fourth-order valence-electron chi connectivity index (χ4n) is 1.31. The van der Waals surface area contributed by atoms with Gasteiger partial charge in [-0.15, -0.1) is 0 Å². The monoisotopic (exact) mass is 300 g/mol. The molecular formula is C10H10BrClN4. The van der Waals surface area contributed by atoms with Crippen molar-refractivity contribution in [2.75, 3.05) is 5.32 Å². The number of hydrogen-bond acceptors (Lipinski definition) is 3. The van der Waals surface area contributed by atoms with Crippen molar-refractivity contribution in [3.8, 4) is 0 Å². The number of hydrogen-bond donors (Lipinski definition) is 2. The van der Waals surface area contributed by atoms with Crippen molar-refractivity contribution in [1.29, 1.82) is 0 Å². The molecule has 0 radical (unpaired) electrons. The molecule has 4 nitrogen and oxygen atoms in total. The van der Waals surface area contributed by atoms with Crippen molar-refractivity contribution in [2.45, 2.75) is 13.0 Å². The summed E-state index contributed by atoms with van der Waals surface area (Å²) in [6.45, 7) is 2.00. The van der Waals surface area contributed by atoms with E-state index < -0.39 is 0 Å². The molecule has 2 aromatic heterocycles. The lowest BCUT2D eigenvalue weighted by Gasteiger charge is -2.13. The van der Waals surface area contributed by atoms with Crippen LogP contribution in [0.3, 0.4) is 0 Å². The molecule has 16 heavy (non-hydrogen) atoms. The molecule has 84 valence electrons. The van der Waals surface area contributed by atoms with Gasteiger partial charge >= 0.3 is 0 Å². The molecular weight excluding hydrogens is 291 g/mol. The summed E-state index contributed by atoms with van der Waals surface area (Å²) in [6, 6.07) is 1.85. The first kappa shape index (κ1) is 11.4. The van der Waals surface area contributed by atoms with Crippen LogP contribution in [0.2, 0.25) is 5.02 Å². The van der Waals surface area contributed by atoms with Gasteiger partial charge in [0.05, 0.1) is 15.5 Å². The Morgan fingerprint density at radius 3 is 2.94 bits per heavy atom. The first-order chi connectivity index (χ1) is 7.66. The van der Waals surface area contributed by atoms with Gasteiger partial charge in [0, 0.05) is 18.6 Å². The molecule has 0 fully saturated rings. The highest BCUT2D eigenvalue weighted by molar-refractivity contribution is 9.10. The van der Waals surface area contributed by atoms with Crippen LogP contribution in [-0.4, -0.2) is 15.0 Å². The van der Waals surface area contributed by atoms with Gasteiger partial charge in [-0.05, 0) is 28.9 Å². The lowest BCUT2D eigenvalue weighted by molar-refractivity contribution is 0.803. The lowest BCUT2D eigenvalue weighted by atomic mass is 10.3. The third-order valence-corrected chi connectivity index (χ3v) is 2.90. The summed E-state index contributed by atoms with van der Waals surface area (Å²) in [6.07, 6.45) is 5.11. The Kier molecular flexibility index (Phi) is 3.46. The molecule has 2 rings (SSSR count). The maximum Gasteiger partial charge on any atom is 0.140 e. The van der Waals surface area contributed by atoms with E-state index in [1.54, 1.807) is 24.7 Å². The number of pyridine rings is 1. The summed E-state index contributed by atoms with van der Waals surface area (Å²) >= 11 is 9.21. The van der Waals surface area contributed by atoms with Crippen molar-refractivity contribution >= 4 is 33.3 Å². The molecule has 0 aliphatic rings. The highest BCUT2D eigenvalue weighted by Gasteiger charge is 2.10.